The van der Waals surface area contributed by atoms with Crippen molar-refractivity contribution in [1.82, 2.24) is 4.57 Å². The minimum Gasteiger partial charge on any atom is -0.495 e. The third kappa shape index (κ3) is 4.97. The molecule has 0 aliphatic rings. The lowest BCUT2D eigenvalue weighted by molar-refractivity contribution is -0.116. The molecule has 2 aromatic carbocycles. The highest BCUT2D eigenvalue weighted by Crippen LogP contribution is 2.28. The third-order valence-corrected chi connectivity index (χ3v) is 5.14. The molecule has 0 radical (unpaired) electrons. The van der Waals surface area contributed by atoms with Crippen molar-refractivity contribution in [1.29, 1.82) is 0 Å². The molecule has 0 aliphatic carbocycles. The molecule has 0 aliphatic heterocycles. The topological polar surface area (TPSA) is 69.6 Å². The Morgan fingerprint density at radius 3 is 2.29 bits per heavy atom. The lowest BCUT2D eigenvalue weighted by Gasteiger charge is -2.14. The van der Waals surface area contributed by atoms with Crippen molar-refractivity contribution >= 4 is 17.6 Å². The highest BCUT2D eigenvalue weighted by molar-refractivity contribution is 5.95. The lowest BCUT2D eigenvalue weighted by atomic mass is 10.1. The number of aryl methyl sites for hydroxylation is 2. The van der Waals surface area contributed by atoms with Crippen LogP contribution in [-0.4, -0.2) is 30.2 Å². The Kier molecular flexibility index (Phi) is 6.80. The van der Waals surface area contributed by atoms with E-state index in [9.17, 15) is 9.59 Å². The number of nitrogens with zero attached hydrogens (tertiary/aromatic N) is 1. The highest BCUT2D eigenvalue weighted by atomic mass is 16.5. The van der Waals surface area contributed by atoms with Crippen LogP contribution in [0.1, 0.15) is 34.1 Å². The van der Waals surface area contributed by atoms with Gasteiger partial charge in [0.25, 0.3) is 0 Å². The number of amides is 1. The van der Waals surface area contributed by atoms with Crippen LogP contribution in [0.2, 0.25) is 0 Å². The monoisotopic (exact) mass is 420 g/mol. The van der Waals surface area contributed by atoms with Crippen LogP contribution < -0.4 is 10.1 Å². The van der Waals surface area contributed by atoms with Crippen molar-refractivity contribution in [3.05, 3.63) is 70.9 Å². The number of rotatable bonds is 7. The summed E-state index contributed by atoms with van der Waals surface area (Å²) in [5.41, 5.74) is 5.60. The minimum atomic E-state index is -0.395. The summed E-state index contributed by atoms with van der Waals surface area (Å²) < 4.78 is 12.4. The van der Waals surface area contributed by atoms with Crippen molar-refractivity contribution in [2.45, 2.75) is 34.2 Å². The second kappa shape index (κ2) is 9.51. The van der Waals surface area contributed by atoms with Gasteiger partial charge in [-0.25, -0.2) is 4.79 Å². The summed E-state index contributed by atoms with van der Waals surface area (Å²) in [6.07, 6.45) is 0. The molecule has 0 bridgehead atoms. The van der Waals surface area contributed by atoms with Gasteiger partial charge in [-0.05, 0) is 57.0 Å². The molecule has 1 amide bonds. The smallest absolute Gasteiger partial charge is 0.339 e. The van der Waals surface area contributed by atoms with Gasteiger partial charge >= 0.3 is 5.97 Å². The van der Waals surface area contributed by atoms with Gasteiger partial charge in [0.1, 0.15) is 12.3 Å². The van der Waals surface area contributed by atoms with Crippen LogP contribution in [0.15, 0.2) is 48.5 Å². The predicted molar refractivity (Wildman–Crippen MR) is 122 cm³/mol. The summed E-state index contributed by atoms with van der Waals surface area (Å²) in [6.45, 7) is 7.90. The molecule has 0 fully saturated rings. The molecule has 6 nitrogen and oxygen atoms in total. The van der Waals surface area contributed by atoms with Crippen LogP contribution in [-0.2, 0) is 16.1 Å². The van der Waals surface area contributed by atoms with E-state index in [0.29, 0.717) is 22.7 Å². The number of methoxy groups -OCH3 is 1. The predicted octanol–water partition coefficient (Wildman–Crippen LogP) is 4.90. The van der Waals surface area contributed by atoms with Gasteiger partial charge in [0.2, 0.25) is 5.91 Å². The van der Waals surface area contributed by atoms with E-state index in [2.05, 4.69) is 5.32 Å². The fourth-order valence-electron chi connectivity index (χ4n) is 3.48. The van der Waals surface area contributed by atoms with Crippen molar-refractivity contribution in [3.8, 4) is 17.0 Å². The first-order valence-electron chi connectivity index (χ1n) is 10.2. The van der Waals surface area contributed by atoms with Crippen LogP contribution in [0.4, 0.5) is 5.69 Å². The van der Waals surface area contributed by atoms with E-state index in [1.807, 2.05) is 67.8 Å². The van der Waals surface area contributed by atoms with Crippen LogP contribution in [0.25, 0.3) is 11.3 Å². The molecule has 6 heteroatoms. The summed E-state index contributed by atoms with van der Waals surface area (Å²) in [7, 11) is 1.57. The molecule has 3 aromatic rings. The maximum Gasteiger partial charge on any atom is 0.339 e. The number of esters is 1. The maximum atomic E-state index is 13.0. The second-order valence-corrected chi connectivity index (χ2v) is 7.45. The number of nitrogens with one attached hydrogen (secondary N) is 1. The quantitative estimate of drug-likeness (QED) is 0.552. The fourth-order valence-corrected chi connectivity index (χ4v) is 3.48. The Hall–Kier alpha value is -3.54. The average Bonchev–Trinajstić information content (AvgIpc) is 3.05. The lowest BCUT2D eigenvalue weighted by Crippen LogP contribution is -2.21. The van der Waals surface area contributed by atoms with Crippen LogP contribution in [0.5, 0.6) is 5.75 Å². The molecule has 0 unspecified atom stereocenters. The Morgan fingerprint density at radius 1 is 0.968 bits per heavy atom. The van der Waals surface area contributed by atoms with Gasteiger partial charge in [0.15, 0.2) is 0 Å². The van der Waals surface area contributed by atoms with Crippen molar-refractivity contribution < 1.29 is 19.1 Å². The van der Waals surface area contributed by atoms with Gasteiger partial charge in [-0.1, -0.05) is 35.9 Å². The standard InChI is InChI=1S/C25H28N2O4/c1-6-31-25(29)20-14-22(19-10-7-16(2)8-11-19)27(18(20)4)15-24(28)26-21-13-17(3)9-12-23(21)30-5/h7-14H,6,15H2,1-5H3,(H,26,28). The molecule has 0 atom stereocenters. The molecule has 1 N–H and O–H groups in total. The van der Waals surface area contributed by atoms with Crippen LogP contribution in [0, 0.1) is 20.8 Å². The van der Waals surface area contributed by atoms with Gasteiger partial charge in [-0.15, -0.1) is 0 Å². The molecule has 1 aromatic heterocycles. The van der Waals surface area contributed by atoms with E-state index < -0.39 is 5.97 Å². The normalized spacial score (nSPS) is 10.6. The number of ether oxygens (including phenoxy) is 2. The third-order valence-electron chi connectivity index (χ3n) is 5.14. The van der Waals surface area contributed by atoms with Gasteiger partial charge in [0, 0.05) is 11.4 Å². The number of aromatic nitrogens is 1. The van der Waals surface area contributed by atoms with Crippen molar-refractivity contribution in [2.75, 3.05) is 19.0 Å². The second-order valence-electron chi connectivity index (χ2n) is 7.45. The summed E-state index contributed by atoms with van der Waals surface area (Å²) in [5, 5.41) is 2.93. The molecule has 0 spiro atoms. The number of hydrogen-bond donors (Lipinski definition) is 1. The zero-order chi connectivity index (χ0) is 22.5. The zero-order valence-electron chi connectivity index (χ0n) is 18.6. The number of hydrogen-bond acceptors (Lipinski definition) is 4. The molecular formula is C25H28N2O4. The Bertz CT molecular complexity index is 1100. The zero-order valence-corrected chi connectivity index (χ0v) is 18.6. The molecular weight excluding hydrogens is 392 g/mol. The minimum absolute atomic E-state index is 0.0472. The van der Waals surface area contributed by atoms with E-state index in [1.165, 1.54) is 0 Å². The maximum absolute atomic E-state index is 13.0. The largest absolute Gasteiger partial charge is 0.495 e. The SMILES string of the molecule is CCOC(=O)c1cc(-c2ccc(C)cc2)n(CC(=O)Nc2cc(C)ccc2OC)c1C. The van der Waals surface area contributed by atoms with E-state index in [4.69, 9.17) is 9.47 Å². The van der Waals surface area contributed by atoms with E-state index in [1.54, 1.807) is 20.1 Å². The number of carbonyl (C=O) groups is 2. The van der Waals surface area contributed by atoms with Crippen LogP contribution in [0.3, 0.4) is 0 Å². The summed E-state index contributed by atoms with van der Waals surface area (Å²) in [5.74, 6) is -0.0200. The van der Waals surface area contributed by atoms with E-state index in [-0.39, 0.29) is 19.1 Å². The molecule has 31 heavy (non-hydrogen) atoms. The van der Waals surface area contributed by atoms with Gasteiger partial charge < -0.3 is 19.4 Å². The van der Waals surface area contributed by atoms with Crippen LogP contribution >= 0.6 is 0 Å². The van der Waals surface area contributed by atoms with Gasteiger partial charge in [-0.3, -0.25) is 4.79 Å². The van der Waals surface area contributed by atoms with Crippen molar-refractivity contribution in [3.63, 3.8) is 0 Å². The Balaban J connectivity index is 1.97. The first-order valence-corrected chi connectivity index (χ1v) is 10.2. The number of anilines is 1. The Labute approximate surface area is 182 Å². The first kappa shape index (κ1) is 22.2. The summed E-state index contributed by atoms with van der Waals surface area (Å²) in [4.78, 5) is 25.4. The molecule has 1 heterocycles. The van der Waals surface area contributed by atoms with E-state index in [0.717, 1.165) is 22.4 Å². The number of benzene rings is 2. The summed E-state index contributed by atoms with van der Waals surface area (Å²) >= 11 is 0. The Morgan fingerprint density at radius 2 is 1.65 bits per heavy atom. The van der Waals surface area contributed by atoms with Crippen molar-refractivity contribution in [2.24, 2.45) is 0 Å². The summed E-state index contributed by atoms with van der Waals surface area (Å²) in [6, 6.07) is 15.4. The molecule has 0 saturated carbocycles. The van der Waals surface area contributed by atoms with Gasteiger partial charge in [-0.2, -0.15) is 0 Å². The number of carbonyl (C=O) groups excluding carboxylic acids is 2. The van der Waals surface area contributed by atoms with Gasteiger partial charge in [0.05, 0.1) is 25.0 Å². The molecule has 3 rings (SSSR count). The fraction of sp³-hybridized carbons (Fsp3) is 0.280. The average molecular weight is 421 g/mol. The molecule has 162 valence electrons. The highest BCUT2D eigenvalue weighted by Gasteiger charge is 2.21. The van der Waals surface area contributed by atoms with E-state index >= 15 is 0 Å². The first-order chi connectivity index (χ1) is 14.8. The molecule has 0 saturated heterocycles.